The molecule has 0 unspecified atom stereocenters. The number of carbonyl (C=O) groups excluding carboxylic acids is 1. The van der Waals surface area contributed by atoms with Crippen LogP contribution in [-0.4, -0.2) is 21.2 Å². The Morgan fingerprint density at radius 3 is 2.95 bits per heavy atom. The fourth-order valence-corrected chi connectivity index (χ4v) is 1.97. The predicted octanol–water partition coefficient (Wildman–Crippen LogP) is 2.60. The maximum atomic E-state index is 12.0. The van der Waals surface area contributed by atoms with Gasteiger partial charge in [0, 0.05) is 18.0 Å². The maximum Gasteiger partial charge on any atom is 0.414 e. The average Bonchev–Trinajstić information content (AvgIpc) is 2.53. The molecule has 3 rings (SSSR count). The summed E-state index contributed by atoms with van der Waals surface area (Å²) in [6, 6.07) is 11.5. The van der Waals surface area contributed by atoms with E-state index < -0.39 is 0 Å². The van der Waals surface area contributed by atoms with E-state index in [1.807, 2.05) is 36.4 Å². The lowest BCUT2D eigenvalue weighted by atomic mass is 10.1. The van der Waals surface area contributed by atoms with Gasteiger partial charge in [-0.1, -0.05) is 30.3 Å². The van der Waals surface area contributed by atoms with Crippen molar-refractivity contribution in [3.63, 3.8) is 0 Å². The number of hydrogen-bond donors (Lipinski definition) is 0. The molecule has 2 aromatic rings. The van der Waals surface area contributed by atoms with E-state index in [1.165, 1.54) is 4.90 Å². The number of rotatable bonds is 2. The van der Waals surface area contributed by atoms with Gasteiger partial charge in [-0.2, -0.15) is 10.2 Å². The Kier molecular flexibility index (Phi) is 3.41. The van der Waals surface area contributed by atoms with Crippen molar-refractivity contribution in [2.75, 3.05) is 0 Å². The lowest BCUT2D eigenvalue weighted by Crippen LogP contribution is -2.28. The number of ether oxygens (including phenoxy) is 1. The van der Waals surface area contributed by atoms with Crippen LogP contribution in [0.5, 0.6) is 0 Å². The number of benzene rings is 1. The summed E-state index contributed by atoms with van der Waals surface area (Å²) >= 11 is 0. The van der Waals surface area contributed by atoms with Gasteiger partial charge in [0.2, 0.25) is 0 Å². The zero-order valence-corrected chi connectivity index (χ0v) is 10.8. The molecule has 1 aromatic heterocycles. The molecule has 0 spiro atoms. The van der Waals surface area contributed by atoms with Gasteiger partial charge in [-0.25, -0.2) is 4.79 Å². The first-order valence-electron chi connectivity index (χ1n) is 6.29. The van der Waals surface area contributed by atoms with Crippen molar-refractivity contribution in [2.24, 2.45) is 0 Å². The molecule has 1 amide bonds. The normalized spacial score (nSPS) is 12.9. The van der Waals surface area contributed by atoms with E-state index in [9.17, 15) is 4.79 Å². The van der Waals surface area contributed by atoms with Gasteiger partial charge in [0.25, 0.3) is 0 Å². The number of aromatic nitrogens is 2. The molecular weight excluding hydrogens is 254 g/mol. The van der Waals surface area contributed by atoms with Crippen molar-refractivity contribution in [3.8, 4) is 0 Å². The van der Waals surface area contributed by atoms with Crippen LogP contribution < -0.4 is 0 Å². The van der Waals surface area contributed by atoms with E-state index in [4.69, 9.17) is 4.74 Å². The number of fused-ring (bicyclic) bond motifs is 1. The highest BCUT2D eigenvalue weighted by molar-refractivity contribution is 5.71. The molecule has 0 N–H and O–H groups in total. The Balaban J connectivity index is 1.62. The van der Waals surface area contributed by atoms with Gasteiger partial charge < -0.3 is 4.74 Å². The van der Waals surface area contributed by atoms with Gasteiger partial charge in [0.05, 0.1) is 12.2 Å². The second-order valence-corrected chi connectivity index (χ2v) is 4.43. The second-order valence-electron chi connectivity index (χ2n) is 4.43. The van der Waals surface area contributed by atoms with Crippen molar-refractivity contribution in [1.82, 2.24) is 15.1 Å². The third-order valence-electron chi connectivity index (χ3n) is 3.03. The minimum Gasteiger partial charge on any atom is -0.444 e. The van der Waals surface area contributed by atoms with Crippen molar-refractivity contribution in [1.29, 1.82) is 0 Å². The molecule has 0 saturated carbocycles. The Morgan fingerprint density at radius 1 is 1.25 bits per heavy atom. The monoisotopic (exact) mass is 267 g/mol. The molecule has 0 aliphatic carbocycles. The van der Waals surface area contributed by atoms with Gasteiger partial charge in [0.15, 0.2) is 0 Å². The van der Waals surface area contributed by atoms with Crippen molar-refractivity contribution < 1.29 is 9.53 Å². The highest BCUT2D eigenvalue weighted by atomic mass is 16.6. The molecule has 1 aromatic carbocycles. The predicted molar refractivity (Wildman–Crippen MR) is 73.2 cm³/mol. The Morgan fingerprint density at radius 2 is 2.10 bits per heavy atom. The van der Waals surface area contributed by atoms with Gasteiger partial charge in [0.1, 0.15) is 6.61 Å². The summed E-state index contributed by atoms with van der Waals surface area (Å²) in [6.07, 6.45) is 4.68. The Bertz CT molecular complexity index is 641. The van der Waals surface area contributed by atoms with Crippen LogP contribution in [0.2, 0.25) is 0 Å². The van der Waals surface area contributed by atoms with Crippen LogP contribution in [0, 0.1) is 0 Å². The highest BCUT2D eigenvalue weighted by Gasteiger charge is 2.18. The van der Waals surface area contributed by atoms with Gasteiger partial charge >= 0.3 is 6.09 Å². The molecule has 2 heterocycles. The lowest BCUT2D eigenvalue weighted by Gasteiger charge is -2.21. The molecule has 5 nitrogen and oxygen atoms in total. The van der Waals surface area contributed by atoms with E-state index >= 15 is 0 Å². The summed E-state index contributed by atoms with van der Waals surface area (Å²) in [7, 11) is 0. The van der Waals surface area contributed by atoms with Crippen LogP contribution in [0.4, 0.5) is 4.79 Å². The van der Waals surface area contributed by atoms with E-state index in [-0.39, 0.29) is 12.7 Å². The Labute approximate surface area is 116 Å². The van der Waals surface area contributed by atoms with Crippen molar-refractivity contribution >= 4 is 12.2 Å². The van der Waals surface area contributed by atoms with Crippen LogP contribution in [0.15, 0.2) is 48.8 Å². The van der Waals surface area contributed by atoms with Gasteiger partial charge in [-0.3, -0.25) is 4.90 Å². The van der Waals surface area contributed by atoms with Crippen molar-refractivity contribution in [2.45, 2.75) is 13.2 Å². The third kappa shape index (κ3) is 2.66. The average molecular weight is 267 g/mol. The second kappa shape index (κ2) is 5.52. The number of hydrogen-bond acceptors (Lipinski definition) is 4. The minimum atomic E-state index is -0.368. The smallest absolute Gasteiger partial charge is 0.414 e. The van der Waals surface area contributed by atoms with Gasteiger partial charge in [-0.15, -0.1) is 0 Å². The SMILES string of the molecule is O=C(OCc1ccccc1)N1C=Cc2nnccc2C1. The van der Waals surface area contributed by atoms with Crippen LogP contribution in [0.25, 0.3) is 6.08 Å². The molecule has 0 fully saturated rings. The zero-order chi connectivity index (χ0) is 13.8. The molecule has 5 heteroatoms. The summed E-state index contributed by atoms with van der Waals surface area (Å²) in [4.78, 5) is 13.5. The molecule has 20 heavy (non-hydrogen) atoms. The van der Waals surface area contributed by atoms with E-state index in [0.29, 0.717) is 6.54 Å². The summed E-state index contributed by atoms with van der Waals surface area (Å²) in [6.45, 7) is 0.723. The lowest BCUT2D eigenvalue weighted by molar-refractivity contribution is 0.108. The highest BCUT2D eigenvalue weighted by Crippen LogP contribution is 2.17. The first-order valence-corrected chi connectivity index (χ1v) is 6.29. The van der Waals surface area contributed by atoms with E-state index in [0.717, 1.165) is 16.8 Å². The number of amides is 1. The van der Waals surface area contributed by atoms with E-state index in [2.05, 4.69) is 10.2 Å². The van der Waals surface area contributed by atoms with Crippen molar-refractivity contribution in [3.05, 3.63) is 65.6 Å². The standard InChI is InChI=1S/C15H13N3O2/c19-15(20-11-12-4-2-1-3-5-12)18-9-7-14-13(10-18)6-8-16-17-14/h1-9H,10-11H2. The molecule has 0 radical (unpaired) electrons. The molecule has 0 bridgehead atoms. The first-order chi connectivity index (χ1) is 9.83. The molecule has 1 aliphatic rings. The minimum absolute atomic E-state index is 0.269. The molecule has 1 aliphatic heterocycles. The topological polar surface area (TPSA) is 55.3 Å². The quantitative estimate of drug-likeness (QED) is 0.839. The fraction of sp³-hybridized carbons (Fsp3) is 0.133. The number of carbonyl (C=O) groups is 1. The summed E-state index contributed by atoms with van der Waals surface area (Å²) in [5.41, 5.74) is 2.71. The summed E-state index contributed by atoms with van der Waals surface area (Å²) < 4.78 is 5.28. The zero-order valence-electron chi connectivity index (χ0n) is 10.8. The van der Waals surface area contributed by atoms with Gasteiger partial charge in [-0.05, 0) is 17.7 Å². The maximum absolute atomic E-state index is 12.0. The van der Waals surface area contributed by atoms with Crippen LogP contribution in [-0.2, 0) is 17.9 Å². The molecule has 100 valence electrons. The summed E-state index contributed by atoms with van der Waals surface area (Å²) in [5.74, 6) is 0. The first kappa shape index (κ1) is 12.3. The van der Waals surface area contributed by atoms with Crippen LogP contribution in [0.3, 0.4) is 0 Å². The Hall–Kier alpha value is -2.69. The molecule has 0 saturated heterocycles. The summed E-state index contributed by atoms with van der Waals surface area (Å²) in [5, 5.41) is 7.80. The number of nitrogens with zero attached hydrogens (tertiary/aromatic N) is 3. The molecule has 0 atom stereocenters. The fourth-order valence-electron chi connectivity index (χ4n) is 1.97. The van der Waals surface area contributed by atoms with Crippen LogP contribution in [0.1, 0.15) is 16.8 Å². The molecular formula is C15H13N3O2. The largest absolute Gasteiger partial charge is 0.444 e. The van der Waals surface area contributed by atoms with E-state index in [1.54, 1.807) is 18.5 Å². The van der Waals surface area contributed by atoms with Crippen LogP contribution >= 0.6 is 0 Å². The third-order valence-corrected chi connectivity index (χ3v) is 3.03.